The van der Waals surface area contributed by atoms with Crippen molar-refractivity contribution in [2.45, 2.75) is 25.7 Å². The van der Waals surface area contributed by atoms with Crippen LogP contribution in [-0.4, -0.2) is 60.2 Å². The zero-order valence-electron chi connectivity index (χ0n) is 19.8. The van der Waals surface area contributed by atoms with Gasteiger partial charge in [-0.05, 0) is 55.6 Å². The van der Waals surface area contributed by atoms with Gasteiger partial charge < -0.3 is 14.4 Å². The summed E-state index contributed by atoms with van der Waals surface area (Å²) in [6, 6.07) is 8.50. The minimum absolute atomic E-state index is 0.0632. The first-order valence-corrected chi connectivity index (χ1v) is 12.5. The van der Waals surface area contributed by atoms with E-state index in [-0.39, 0.29) is 5.02 Å². The second kappa shape index (κ2) is 11.2. The molecule has 5 rings (SSSR count). The fraction of sp³-hybridized carbons (Fsp3) is 0.370. The van der Waals surface area contributed by atoms with Crippen LogP contribution in [0, 0.1) is 17.7 Å². The molecule has 7 nitrogen and oxygen atoms in total. The van der Waals surface area contributed by atoms with Crippen LogP contribution in [0.1, 0.15) is 24.8 Å². The first-order valence-electron chi connectivity index (χ1n) is 12.1. The topological polar surface area (TPSA) is 67.8 Å². The van der Waals surface area contributed by atoms with E-state index in [1.165, 1.54) is 6.33 Å². The number of ether oxygens (including phenoxy) is 2. The number of hydrogen-bond donors (Lipinski definition) is 0. The van der Waals surface area contributed by atoms with Crippen LogP contribution < -0.4 is 9.64 Å². The Balaban J connectivity index is 1.24. The number of morpholine rings is 1. The van der Waals surface area contributed by atoms with Crippen molar-refractivity contribution in [2.75, 3.05) is 44.3 Å². The van der Waals surface area contributed by atoms with Gasteiger partial charge in [0.1, 0.15) is 17.9 Å². The number of unbranched alkanes of at least 4 members (excludes halogenated alkanes) is 2. The van der Waals surface area contributed by atoms with Crippen molar-refractivity contribution in [2.24, 2.45) is 0 Å². The van der Waals surface area contributed by atoms with Crippen molar-refractivity contribution in [1.29, 1.82) is 0 Å². The molecule has 0 N–H and O–H groups in total. The quantitative estimate of drug-likeness (QED) is 0.159. The second-order valence-corrected chi connectivity index (χ2v) is 9.16. The number of anilines is 2. The van der Waals surface area contributed by atoms with Crippen molar-refractivity contribution in [3.63, 3.8) is 0 Å². The van der Waals surface area contributed by atoms with Crippen LogP contribution in [0.15, 0.2) is 36.7 Å². The number of esters is 1. The van der Waals surface area contributed by atoms with E-state index in [1.807, 2.05) is 6.07 Å². The first kappa shape index (κ1) is 24.4. The maximum absolute atomic E-state index is 14.9. The third-order valence-corrected chi connectivity index (χ3v) is 6.69. The summed E-state index contributed by atoms with van der Waals surface area (Å²) in [4.78, 5) is 25.2. The van der Waals surface area contributed by atoms with Gasteiger partial charge in [0, 0.05) is 37.4 Å². The maximum Gasteiger partial charge on any atom is 0.389 e. The number of nitrogens with zero attached hydrogens (tertiary/aromatic N) is 4. The molecule has 2 aromatic carbocycles. The highest BCUT2D eigenvalue weighted by molar-refractivity contribution is 6.31. The summed E-state index contributed by atoms with van der Waals surface area (Å²) in [5.74, 6) is 5.24. The van der Waals surface area contributed by atoms with Gasteiger partial charge in [-0.1, -0.05) is 23.6 Å². The molecule has 1 aromatic heterocycles. The minimum atomic E-state index is -0.620. The Morgan fingerprint density at radius 3 is 2.86 bits per heavy atom. The Morgan fingerprint density at radius 2 is 2.00 bits per heavy atom. The van der Waals surface area contributed by atoms with Crippen molar-refractivity contribution < 1.29 is 18.7 Å². The number of benzene rings is 2. The summed E-state index contributed by atoms with van der Waals surface area (Å²) in [5.41, 5.74) is 1.94. The summed E-state index contributed by atoms with van der Waals surface area (Å²) >= 11 is 6.04. The van der Waals surface area contributed by atoms with Gasteiger partial charge in [-0.25, -0.2) is 19.2 Å². The molecule has 0 saturated carbocycles. The van der Waals surface area contributed by atoms with E-state index in [0.29, 0.717) is 47.5 Å². The van der Waals surface area contributed by atoms with E-state index in [2.05, 4.69) is 26.7 Å². The molecule has 0 aliphatic carbocycles. The highest BCUT2D eigenvalue weighted by Gasteiger charge is 2.28. The van der Waals surface area contributed by atoms with E-state index in [9.17, 15) is 9.18 Å². The number of rotatable bonds is 6. The minimum Gasteiger partial charge on any atom is -0.417 e. The van der Waals surface area contributed by atoms with Gasteiger partial charge in [0.2, 0.25) is 0 Å². The van der Waals surface area contributed by atoms with Crippen molar-refractivity contribution in [1.82, 2.24) is 14.9 Å². The average molecular weight is 509 g/mol. The summed E-state index contributed by atoms with van der Waals surface area (Å²) in [6.07, 6.45) is 4.70. The van der Waals surface area contributed by atoms with Gasteiger partial charge in [0.05, 0.1) is 29.4 Å². The smallest absolute Gasteiger partial charge is 0.389 e. The Bertz CT molecular complexity index is 1330. The van der Waals surface area contributed by atoms with E-state index in [4.69, 9.17) is 21.1 Å². The molecule has 3 heterocycles. The fourth-order valence-electron chi connectivity index (χ4n) is 4.57. The van der Waals surface area contributed by atoms with Gasteiger partial charge >= 0.3 is 5.97 Å². The average Bonchev–Trinajstić information content (AvgIpc) is 3.33. The molecular formula is C27H26ClFN4O3. The predicted octanol–water partition coefficient (Wildman–Crippen LogP) is 4.53. The Morgan fingerprint density at radius 1 is 1.14 bits per heavy atom. The SMILES string of the molecule is O=C(C#CCCCCN1CCOCC1)Oc1ccc2ncnc(N3CCc4ccc(Cl)c(F)c43)c2c1. The largest absolute Gasteiger partial charge is 0.417 e. The molecule has 0 spiro atoms. The molecule has 0 radical (unpaired) electrons. The van der Waals surface area contributed by atoms with Crippen LogP contribution in [0.4, 0.5) is 15.9 Å². The normalized spacial score (nSPS) is 15.4. The molecule has 1 saturated heterocycles. The number of carbonyl (C=O) groups is 1. The molecule has 0 amide bonds. The summed E-state index contributed by atoms with van der Waals surface area (Å²) in [6.45, 7) is 5.12. The summed E-state index contributed by atoms with van der Waals surface area (Å²) in [5, 5.41) is 0.708. The van der Waals surface area contributed by atoms with Crippen LogP contribution in [0.25, 0.3) is 10.9 Å². The van der Waals surface area contributed by atoms with Gasteiger partial charge in [0.15, 0.2) is 5.82 Å². The third-order valence-electron chi connectivity index (χ3n) is 6.40. The second-order valence-electron chi connectivity index (χ2n) is 8.75. The Hall–Kier alpha value is -3.25. The molecule has 1 fully saturated rings. The highest BCUT2D eigenvalue weighted by atomic mass is 35.5. The molecule has 9 heteroatoms. The molecule has 2 aliphatic heterocycles. The van der Waals surface area contributed by atoms with Crippen molar-refractivity contribution in [3.05, 3.63) is 53.1 Å². The maximum atomic E-state index is 14.9. The molecule has 3 aromatic rings. The lowest BCUT2D eigenvalue weighted by Crippen LogP contribution is -2.36. The lowest BCUT2D eigenvalue weighted by atomic mass is 10.1. The zero-order valence-corrected chi connectivity index (χ0v) is 20.6. The molecule has 2 aliphatic rings. The van der Waals surface area contributed by atoms with Crippen molar-refractivity contribution in [3.8, 4) is 17.6 Å². The first-order chi connectivity index (χ1) is 17.6. The van der Waals surface area contributed by atoms with Gasteiger partial charge in [-0.3, -0.25) is 4.90 Å². The standard InChI is InChI=1S/C27H26ClFN4O3/c28-22-8-6-19-10-12-33(26(19)25(22)29)27-21-17-20(7-9-23(21)30-18-31-27)36-24(34)5-3-1-2-4-11-32-13-15-35-16-14-32/h6-9,17-18H,1-2,4,10-16H2. The third kappa shape index (κ3) is 5.44. The Kier molecular flexibility index (Phi) is 7.61. The zero-order chi connectivity index (χ0) is 24.9. The Labute approximate surface area is 214 Å². The highest BCUT2D eigenvalue weighted by Crippen LogP contribution is 2.40. The van der Waals surface area contributed by atoms with Crippen molar-refractivity contribution >= 4 is 40.0 Å². The molecular weight excluding hydrogens is 483 g/mol. The van der Waals surface area contributed by atoms with Crippen LogP contribution >= 0.6 is 11.6 Å². The number of halogens is 2. The number of hydrogen-bond acceptors (Lipinski definition) is 7. The van der Waals surface area contributed by atoms with Gasteiger partial charge in [0.25, 0.3) is 0 Å². The van der Waals surface area contributed by atoms with Crippen LogP contribution in [0.2, 0.25) is 5.02 Å². The molecule has 0 atom stereocenters. The lowest BCUT2D eigenvalue weighted by molar-refractivity contribution is -0.128. The molecule has 186 valence electrons. The number of aromatic nitrogens is 2. The molecule has 0 bridgehead atoms. The van der Waals surface area contributed by atoms with Gasteiger partial charge in [-0.15, -0.1) is 0 Å². The van der Waals surface area contributed by atoms with Crippen LogP contribution in [-0.2, 0) is 16.0 Å². The van der Waals surface area contributed by atoms with Crippen LogP contribution in [0.3, 0.4) is 0 Å². The summed E-state index contributed by atoms with van der Waals surface area (Å²) < 4.78 is 25.7. The van der Waals surface area contributed by atoms with E-state index < -0.39 is 11.8 Å². The fourth-order valence-corrected chi connectivity index (χ4v) is 4.72. The molecule has 0 unspecified atom stereocenters. The summed E-state index contributed by atoms with van der Waals surface area (Å²) in [7, 11) is 0. The van der Waals surface area contributed by atoms with Gasteiger partial charge in [-0.2, -0.15) is 0 Å². The van der Waals surface area contributed by atoms with Crippen LogP contribution in [0.5, 0.6) is 5.75 Å². The van der Waals surface area contributed by atoms with E-state index in [0.717, 1.165) is 51.3 Å². The number of carbonyl (C=O) groups excluding carboxylic acids is 1. The lowest BCUT2D eigenvalue weighted by Gasteiger charge is -2.26. The van der Waals surface area contributed by atoms with E-state index in [1.54, 1.807) is 29.2 Å². The number of fused-ring (bicyclic) bond motifs is 2. The predicted molar refractivity (Wildman–Crippen MR) is 136 cm³/mol. The molecule has 36 heavy (non-hydrogen) atoms. The van der Waals surface area contributed by atoms with E-state index >= 15 is 0 Å². The monoisotopic (exact) mass is 508 g/mol.